The highest BCUT2D eigenvalue weighted by molar-refractivity contribution is 5.83. The number of hydrogen-bond acceptors (Lipinski definition) is 9. The van der Waals surface area contributed by atoms with E-state index in [0.717, 1.165) is 28.8 Å². The van der Waals surface area contributed by atoms with E-state index in [9.17, 15) is 17.6 Å². The molecule has 0 bridgehead atoms. The molecule has 0 unspecified atom stereocenters. The predicted octanol–water partition coefficient (Wildman–Crippen LogP) is 5.46. The number of nitrogen functional groups attached to an aromatic ring is 3. The molecule has 2 aromatic heterocycles. The van der Waals surface area contributed by atoms with Crippen LogP contribution in [0.25, 0.3) is 5.65 Å². The number of benzene rings is 2. The van der Waals surface area contributed by atoms with E-state index in [4.69, 9.17) is 17.2 Å². The molecular formula is C19H14F4N10. The highest BCUT2D eigenvalue weighted by Gasteiger charge is 2.30. The molecule has 0 atom stereocenters. The third-order valence-electron chi connectivity index (χ3n) is 4.35. The average Bonchev–Trinajstić information content (AvgIpc) is 3.08. The summed E-state index contributed by atoms with van der Waals surface area (Å²) in [5.41, 5.74) is 17.7. The van der Waals surface area contributed by atoms with Crippen molar-refractivity contribution >= 4 is 45.9 Å². The zero-order valence-corrected chi connectivity index (χ0v) is 16.5. The predicted molar refractivity (Wildman–Crippen MR) is 112 cm³/mol. The SMILES string of the molecule is Nc1nc2c(N=Nc3ccc(C(F)(F)F)cc3)c(N)nn2c(N)c1N=Nc1ccc(F)cc1. The molecule has 6 N–H and O–H groups in total. The molecule has 0 fully saturated rings. The molecule has 33 heavy (non-hydrogen) atoms. The summed E-state index contributed by atoms with van der Waals surface area (Å²) in [6.07, 6.45) is -4.47. The maximum atomic E-state index is 13.0. The van der Waals surface area contributed by atoms with Crippen LogP contribution in [0.3, 0.4) is 0 Å². The molecular weight excluding hydrogens is 444 g/mol. The first kappa shape index (κ1) is 21.6. The van der Waals surface area contributed by atoms with E-state index in [1.54, 1.807) is 0 Å². The molecule has 0 radical (unpaired) electrons. The molecule has 0 spiro atoms. The van der Waals surface area contributed by atoms with Crippen LogP contribution in [0.15, 0.2) is 69.0 Å². The minimum Gasteiger partial charge on any atom is -0.382 e. The van der Waals surface area contributed by atoms with E-state index in [1.165, 1.54) is 24.3 Å². The highest BCUT2D eigenvalue weighted by atomic mass is 19.4. The first-order chi connectivity index (χ1) is 15.6. The molecule has 4 aromatic rings. The average molecular weight is 458 g/mol. The summed E-state index contributed by atoms with van der Waals surface area (Å²) < 4.78 is 52.2. The Hall–Kier alpha value is -4.62. The molecule has 0 aliphatic heterocycles. The minimum absolute atomic E-state index is 0.000512. The Balaban J connectivity index is 1.68. The second kappa shape index (κ2) is 8.14. The molecule has 168 valence electrons. The number of anilines is 3. The summed E-state index contributed by atoms with van der Waals surface area (Å²) in [5, 5.41) is 19.8. The van der Waals surface area contributed by atoms with Crippen LogP contribution >= 0.6 is 0 Å². The van der Waals surface area contributed by atoms with E-state index in [0.29, 0.717) is 5.69 Å². The van der Waals surface area contributed by atoms with Gasteiger partial charge in [-0.2, -0.15) is 27.9 Å². The Morgan fingerprint density at radius 3 is 1.85 bits per heavy atom. The number of alkyl halides is 3. The fourth-order valence-electron chi connectivity index (χ4n) is 2.72. The first-order valence-corrected chi connectivity index (χ1v) is 9.13. The Labute approximate surface area is 182 Å². The molecule has 2 heterocycles. The van der Waals surface area contributed by atoms with Crippen LogP contribution in [0.1, 0.15) is 5.56 Å². The van der Waals surface area contributed by atoms with E-state index in [-0.39, 0.29) is 40.2 Å². The van der Waals surface area contributed by atoms with Crippen molar-refractivity contribution in [2.75, 3.05) is 17.2 Å². The van der Waals surface area contributed by atoms with E-state index >= 15 is 0 Å². The van der Waals surface area contributed by atoms with Gasteiger partial charge in [-0.05, 0) is 48.5 Å². The zero-order chi connectivity index (χ0) is 23.8. The number of rotatable bonds is 4. The third kappa shape index (κ3) is 4.39. The lowest BCUT2D eigenvalue weighted by Gasteiger charge is -2.05. The normalized spacial score (nSPS) is 12.4. The quantitative estimate of drug-likeness (QED) is 0.273. The topological polar surface area (TPSA) is 158 Å². The van der Waals surface area contributed by atoms with Gasteiger partial charge in [0.25, 0.3) is 0 Å². The van der Waals surface area contributed by atoms with Crippen LogP contribution in [-0.2, 0) is 6.18 Å². The molecule has 14 heteroatoms. The summed E-state index contributed by atoms with van der Waals surface area (Å²) in [4.78, 5) is 4.14. The lowest BCUT2D eigenvalue weighted by Crippen LogP contribution is -2.04. The molecule has 0 aliphatic rings. The second-order valence-electron chi connectivity index (χ2n) is 6.62. The van der Waals surface area contributed by atoms with E-state index in [1.807, 2.05) is 0 Å². The number of hydrogen-bond donors (Lipinski definition) is 3. The lowest BCUT2D eigenvalue weighted by atomic mass is 10.2. The van der Waals surface area contributed by atoms with Crippen molar-refractivity contribution in [3.8, 4) is 0 Å². The van der Waals surface area contributed by atoms with Gasteiger partial charge in [0.2, 0.25) is 0 Å². The van der Waals surface area contributed by atoms with Gasteiger partial charge >= 0.3 is 6.18 Å². The van der Waals surface area contributed by atoms with Crippen LogP contribution in [0, 0.1) is 5.82 Å². The lowest BCUT2D eigenvalue weighted by molar-refractivity contribution is -0.137. The summed E-state index contributed by atoms with van der Waals surface area (Å²) in [5.74, 6) is -0.694. The van der Waals surface area contributed by atoms with Crippen LogP contribution in [0.4, 0.5) is 57.8 Å². The Kier molecular flexibility index (Phi) is 5.33. The van der Waals surface area contributed by atoms with Gasteiger partial charge < -0.3 is 17.2 Å². The van der Waals surface area contributed by atoms with Crippen molar-refractivity contribution in [3.63, 3.8) is 0 Å². The van der Waals surface area contributed by atoms with Gasteiger partial charge in [-0.3, -0.25) is 0 Å². The molecule has 0 saturated heterocycles. The highest BCUT2D eigenvalue weighted by Crippen LogP contribution is 2.36. The van der Waals surface area contributed by atoms with Gasteiger partial charge in [-0.15, -0.1) is 15.3 Å². The summed E-state index contributed by atoms with van der Waals surface area (Å²) in [6.45, 7) is 0. The number of fused-ring (bicyclic) bond motifs is 1. The summed E-state index contributed by atoms with van der Waals surface area (Å²) in [7, 11) is 0. The van der Waals surface area contributed by atoms with Crippen molar-refractivity contribution < 1.29 is 17.6 Å². The van der Waals surface area contributed by atoms with Crippen molar-refractivity contribution in [2.45, 2.75) is 6.18 Å². The Morgan fingerprint density at radius 2 is 1.27 bits per heavy atom. The molecule has 0 aliphatic carbocycles. The smallest absolute Gasteiger partial charge is 0.382 e. The summed E-state index contributed by atoms with van der Waals surface area (Å²) in [6, 6.07) is 9.29. The van der Waals surface area contributed by atoms with Crippen molar-refractivity contribution in [2.24, 2.45) is 20.5 Å². The van der Waals surface area contributed by atoms with Crippen molar-refractivity contribution in [1.29, 1.82) is 0 Å². The maximum Gasteiger partial charge on any atom is 0.416 e. The molecule has 10 nitrogen and oxygen atoms in total. The van der Waals surface area contributed by atoms with E-state index < -0.39 is 17.6 Å². The molecule has 0 amide bonds. The van der Waals surface area contributed by atoms with Crippen LogP contribution < -0.4 is 17.2 Å². The number of azo groups is 2. The van der Waals surface area contributed by atoms with Gasteiger partial charge in [-0.1, -0.05) is 0 Å². The largest absolute Gasteiger partial charge is 0.416 e. The van der Waals surface area contributed by atoms with Gasteiger partial charge in [0, 0.05) is 0 Å². The first-order valence-electron chi connectivity index (χ1n) is 9.13. The maximum absolute atomic E-state index is 13.0. The van der Waals surface area contributed by atoms with Gasteiger partial charge in [-0.25, -0.2) is 9.37 Å². The minimum atomic E-state index is -4.47. The van der Waals surface area contributed by atoms with Gasteiger partial charge in [0.1, 0.15) is 5.82 Å². The number of nitrogens with zero attached hydrogens (tertiary/aromatic N) is 7. The standard InChI is InChI=1S/C19H14F4N10/c20-10-3-7-12(8-4-10)28-30-13-15(24)27-18-14(16(25)32-33(18)17(13)26)31-29-11-5-1-9(2-6-11)19(21,22)23/h1-8H,26H2,(H2,24,27)(H2,25,32). The fraction of sp³-hybridized carbons (Fsp3) is 0.0526. The number of nitrogens with two attached hydrogens (primary N) is 3. The number of aromatic nitrogens is 3. The third-order valence-corrected chi connectivity index (χ3v) is 4.35. The van der Waals surface area contributed by atoms with Gasteiger partial charge in [0.15, 0.2) is 34.5 Å². The van der Waals surface area contributed by atoms with Crippen LogP contribution in [0.5, 0.6) is 0 Å². The van der Waals surface area contributed by atoms with Crippen LogP contribution in [0.2, 0.25) is 0 Å². The molecule has 4 rings (SSSR count). The number of halogens is 4. The monoisotopic (exact) mass is 458 g/mol. The molecule has 2 aromatic carbocycles. The van der Waals surface area contributed by atoms with E-state index in [2.05, 4.69) is 30.5 Å². The van der Waals surface area contributed by atoms with Crippen LogP contribution in [-0.4, -0.2) is 14.6 Å². The molecule has 0 saturated carbocycles. The van der Waals surface area contributed by atoms with Crippen molar-refractivity contribution in [1.82, 2.24) is 14.6 Å². The Bertz CT molecular complexity index is 1370. The van der Waals surface area contributed by atoms with Gasteiger partial charge in [0.05, 0.1) is 16.9 Å². The zero-order valence-electron chi connectivity index (χ0n) is 16.5. The fourth-order valence-corrected chi connectivity index (χ4v) is 2.72. The van der Waals surface area contributed by atoms with Crippen molar-refractivity contribution in [3.05, 3.63) is 59.9 Å². The second-order valence-corrected chi connectivity index (χ2v) is 6.62. The Morgan fingerprint density at radius 1 is 0.727 bits per heavy atom. The summed E-state index contributed by atoms with van der Waals surface area (Å²) >= 11 is 0.